The first-order chi connectivity index (χ1) is 7.58. The Hall–Kier alpha value is -1.82. The van der Waals surface area contributed by atoms with Gasteiger partial charge in [-0.3, -0.25) is 0 Å². The number of hydrogen-bond acceptors (Lipinski definition) is 5. The zero-order valence-electron chi connectivity index (χ0n) is 8.33. The third-order valence-electron chi connectivity index (χ3n) is 1.96. The summed E-state index contributed by atoms with van der Waals surface area (Å²) in [5.41, 5.74) is 5.31. The summed E-state index contributed by atoms with van der Waals surface area (Å²) >= 11 is 0. The van der Waals surface area contributed by atoms with Crippen molar-refractivity contribution in [3.05, 3.63) is 41.6 Å². The molecular formula is C10H10N2O3S. The second kappa shape index (κ2) is 3.97. The lowest BCUT2D eigenvalue weighted by molar-refractivity contribution is 0.378. The SMILES string of the molecule is NC1=CS(=O)(=O)C(COc2ccccc2)=N1. The molecule has 1 aliphatic heterocycles. The van der Waals surface area contributed by atoms with E-state index in [2.05, 4.69) is 4.99 Å². The number of aliphatic imine (C=N–C) groups is 1. The Balaban J connectivity index is 2.06. The van der Waals surface area contributed by atoms with Crippen LogP contribution in [0.2, 0.25) is 0 Å². The minimum Gasteiger partial charge on any atom is -0.487 e. The molecule has 1 aromatic carbocycles. The maximum atomic E-state index is 11.4. The Morgan fingerprint density at radius 2 is 1.94 bits per heavy atom. The first-order valence-corrected chi connectivity index (χ1v) is 6.10. The molecule has 0 unspecified atom stereocenters. The molecule has 6 heteroatoms. The van der Waals surface area contributed by atoms with Crippen LogP contribution in [0.25, 0.3) is 0 Å². The van der Waals surface area contributed by atoms with Crippen LogP contribution in [0.4, 0.5) is 0 Å². The summed E-state index contributed by atoms with van der Waals surface area (Å²) < 4.78 is 28.1. The van der Waals surface area contributed by atoms with Gasteiger partial charge in [-0.05, 0) is 12.1 Å². The van der Waals surface area contributed by atoms with Crippen LogP contribution in [0.15, 0.2) is 46.6 Å². The highest BCUT2D eigenvalue weighted by Crippen LogP contribution is 2.13. The monoisotopic (exact) mass is 238 g/mol. The number of benzene rings is 1. The predicted octanol–water partition coefficient (Wildman–Crippen LogP) is 0.650. The molecular weight excluding hydrogens is 228 g/mol. The van der Waals surface area contributed by atoms with Crippen LogP contribution in [0.5, 0.6) is 5.75 Å². The predicted molar refractivity (Wildman–Crippen MR) is 60.6 cm³/mol. The van der Waals surface area contributed by atoms with Gasteiger partial charge in [0.2, 0.25) is 9.84 Å². The van der Waals surface area contributed by atoms with Gasteiger partial charge < -0.3 is 10.5 Å². The maximum absolute atomic E-state index is 11.4. The molecule has 0 aliphatic carbocycles. The lowest BCUT2D eigenvalue weighted by Crippen LogP contribution is -2.17. The first-order valence-electron chi connectivity index (χ1n) is 4.55. The minimum atomic E-state index is -3.47. The van der Waals surface area contributed by atoms with E-state index in [1.807, 2.05) is 6.07 Å². The summed E-state index contributed by atoms with van der Waals surface area (Å²) in [5.74, 6) is 0.581. The Bertz CT molecular complexity index is 547. The third kappa shape index (κ3) is 2.22. The number of hydrogen-bond donors (Lipinski definition) is 1. The van der Waals surface area contributed by atoms with E-state index in [1.54, 1.807) is 24.3 Å². The van der Waals surface area contributed by atoms with Crippen LogP contribution in [0.1, 0.15) is 0 Å². The van der Waals surface area contributed by atoms with Crippen molar-refractivity contribution in [1.82, 2.24) is 0 Å². The Kier molecular flexibility index (Phi) is 2.66. The van der Waals surface area contributed by atoms with Crippen molar-refractivity contribution in [2.45, 2.75) is 0 Å². The Labute approximate surface area is 93.2 Å². The molecule has 16 heavy (non-hydrogen) atoms. The van der Waals surface area contributed by atoms with Crippen molar-refractivity contribution in [3.63, 3.8) is 0 Å². The average Bonchev–Trinajstić information content (AvgIpc) is 2.50. The van der Waals surface area contributed by atoms with E-state index in [4.69, 9.17) is 10.5 Å². The van der Waals surface area contributed by atoms with Gasteiger partial charge in [0.25, 0.3) is 0 Å². The van der Waals surface area contributed by atoms with E-state index in [0.717, 1.165) is 5.41 Å². The molecule has 0 radical (unpaired) electrons. The fraction of sp³-hybridized carbons (Fsp3) is 0.100. The van der Waals surface area contributed by atoms with Gasteiger partial charge in [0.15, 0.2) is 5.04 Å². The number of nitrogens with two attached hydrogens (primary N) is 1. The molecule has 0 saturated heterocycles. The Morgan fingerprint density at radius 1 is 1.25 bits per heavy atom. The lowest BCUT2D eigenvalue weighted by atomic mass is 10.3. The van der Waals surface area contributed by atoms with Gasteiger partial charge in [-0.1, -0.05) is 18.2 Å². The van der Waals surface area contributed by atoms with E-state index in [1.165, 1.54) is 0 Å². The van der Waals surface area contributed by atoms with Gasteiger partial charge >= 0.3 is 0 Å². The average molecular weight is 238 g/mol. The molecule has 2 rings (SSSR count). The van der Waals surface area contributed by atoms with Crippen molar-refractivity contribution in [2.75, 3.05) is 6.61 Å². The van der Waals surface area contributed by atoms with Gasteiger partial charge in [0, 0.05) is 0 Å². The number of para-hydroxylation sites is 1. The van der Waals surface area contributed by atoms with Crippen molar-refractivity contribution >= 4 is 14.9 Å². The molecule has 1 aliphatic rings. The molecule has 0 spiro atoms. The van der Waals surface area contributed by atoms with Crippen molar-refractivity contribution < 1.29 is 13.2 Å². The largest absolute Gasteiger partial charge is 0.487 e. The van der Waals surface area contributed by atoms with Crippen LogP contribution in [0, 0.1) is 0 Å². The highest BCUT2D eigenvalue weighted by molar-refractivity contribution is 8.09. The summed E-state index contributed by atoms with van der Waals surface area (Å²) in [6.07, 6.45) is 0. The lowest BCUT2D eigenvalue weighted by Gasteiger charge is -2.04. The van der Waals surface area contributed by atoms with E-state index in [9.17, 15) is 8.42 Å². The van der Waals surface area contributed by atoms with E-state index in [0.29, 0.717) is 5.75 Å². The highest BCUT2D eigenvalue weighted by atomic mass is 32.2. The zero-order chi connectivity index (χ0) is 11.6. The normalized spacial score (nSPS) is 17.8. The second-order valence-electron chi connectivity index (χ2n) is 3.19. The van der Waals surface area contributed by atoms with Gasteiger partial charge in [-0.15, -0.1) is 0 Å². The van der Waals surface area contributed by atoms with E-state index >= 15 is 0 Å². The van der Waals surface area contributed by atoms with Crippen molar-refractivity contribution in [3.8, 4) is 5.75 Å². The molecule has 0 atom stereocenters. The van der Waals surface area contributed by atoms with Crippen LogP contribution in [-0.2, 0) is 9.84 Å². The van der Waals surface area contributed by atoms with Gasteiger partial charge in [0.05, 0.1) is 5.41 Å². The molecule has 0 amide bonds. The molecule has 1 aromatic rings. The minimum absolute atomic E-state index is 0.00772. The van der Waals surface area contributed by atoms with E-state index in [-0.39, 0.29) is 17.5 Å². The maximum Gasteiger partial charge on any atom is 0.220 e. The summed E-state index contributed by atoms with van der Waals surface area (Å²) in [6.45, 7) is -0.108. The molecule has 84 valence electrons. The second-order valence-corrected chi connectivity index (χ2v) is 4.99. The van der Waals surface area contributed by atoms with Crippen LogP contribution in [-0.4, -0.2) is 20.1 Å². The Morgan fingerprint density at radius 3 is 2.50 bits per heavy atom. The third-order valence-corrected chi connectivity index (χ3v) is 3.38. The van der Waals surface area contributed by atoms with Crippen LogP contribution >= 0.6 is 0 Å². The molecule has 5 nitrogen and oxygen atoms in total. The number of ether oxygens (including phenoxy) is 1. The van der Waals surface area contributed by atoms with Crippen LogP contribution in [0.3, 0.4) is 0 Å². The highest BCUT2D eigenvalue weighted by Gasteiger charge is 2.24. The summed E-state index contributed by atoms with van der Waals surface area (Å²) in [6, 6.07) is 8.91. The van der Waals surface area contributed by atoms with Crippen molar-refractivity contribution in [1.29, 1.82) is 0 Å². The molecule has 0 fully saturated rings. The number of rotatable bonds is 3. The van der Waals surface area contributed by atoms with Crippen LogP contribution < -0.4 is 10.5 Å². The summed E-state index contributed by atoms with van der Waals surface area (Å²) in [4.78, 5) is 3.70. The standard InChI is InChI=1S/C10H10N2O3S/c11-9-7-16(13,14)10(12-9)6-15-8-4-2-1-3-5-8/h1-5,7H,6,11H2. The first kappa shape index (κ1) is 10.7. The molecule has 2 N–H and O–H groups in total. The molecule has 0 saturated carbocycles. The smallest absolute Gasteiger partial charge is 0.220 e. The molecule has 1 heterocycles. The van der Waals surface area contributed by atoms with E-state index < -0.39 is 9.84 Å². The number of nitrogens with zero attached hydrogens (tertiary/aromatic N) is 1. The molecule has 0 aromatic heterocycles. The summed E-state index contributed by atoms with van der Waals surface area (Å²) in [5, 5.41) is 0.866. The molecule has 0 bridgehead atoms. The van der Waals surface area contributed by atoms with Crippen molar-refractivity contribution in [2.24, 2.45) is 10.7 Å². The fourth-order valence-electron chi connectivity index (χ4n) is 1.24. The quantitative estimate of drug-likeness (QED) is 0.838. The van der Waals surface area contributed by atoms with Gasteiger partial charge in [-0.2, -0.15) is 0 Å². The summed E-state index contributed by atoms with van der Waals surface area (Å²) in [7, 11) is -3.47. The van der Waals surface area contributed by atoms with Gasteiger partial charge in [0.1, 0.15) is 18.2 Å². The topological polar surface area (TPSA) is 81.8 Å². The van der Waals surface area contributed by atoms with Gasteiger partial charge in [-0.25, -0.2) is 13.4 Å². The number of sulfone groups is 1. The fourth-order valence-corrected chi connectivity index (χ4v) is 2.20. The zero-order valence-corrected chi connectivity index (χ0v) is 9.15.